The summed E-state index contributed by atoms with van der Waals surface area (Å²) in [5.41, 5.74) is 1.72. The Morgan fingerprint density at radius 1 is 0.965 bits per heavy atom. The predicted molar refractivity (Wildman–Crippen MR) is 199 cm³/mol. The molecule has 1 atom stereocenters. The largest absolute Gasteiger partial charge is 0.494 e. The molecule has 5 amide bonds. The normalized spacial score (nSPS) is 19.5. The number of piperazine rings is 1. The molecule has 2 aromatic heterocycles. The van der Waals surface area contributed by atoms with Crippen molar-refractivity contribution >= 4 is 51.8 Å². The molecule has 8 rings (SSSR count). The van der Waals surface area contributed by atoms with E-state index in [1.807, 2.05) is 27.9 Å². The number of likely N-dealkylation sites (tertiary alicyclic amines) is 1. The minimum absolute atomic E-state index is 0.0689. The van der Waals surface area contributed by atoms with E-state index < -0.39 is 29.7 Å². The molecule has 2 N–H and O–H groups in total. The second kappa shape index (κ2) is 15.1. The van der Waals surface area contributed by atoms with E-state index in [1.165, 1.54) is 13.2 Å². The molecule has 4 aliphatic rings. The second-order valence-corrected chi connectivity index (χ2v) is 14.7. The van der Waals surface area contributed by atoms with E-state index in [2.05, 4.69) is 25.4 Å². The van der Waals surface area contributed by atoms with Crippen molar-refractivity contribution in [2.24, 2.45) is 0 Å². The highest BCUT2D eigenvalue weighted by atomic mass is 19.4. The number of aromatic nitrogens is 3. The van der Waals surface area contributed by atoms with Crippen LogP contribution in [0.15, 0.2) is 54.7 Å². The number of alkyl halides is 3. The van der Waals surface area contributed by atoms with E-state index in [0.717, 1.165) is 36.2 Å². The van der Waals surface area contributed by atoms with Crippen LogP contribution in [-0.4, -0.2) is 118 Å². The molecule has 1 unspecified atom stereocenters. The Hall–Kier alpha value is -6.04. The third-order valence-corrected chi connectivity index (χ3v) is 11.2. The first-order valence-electron chi connectivity index (χ1n) is 18.8. The number of piperidine rings is 2. The first-order valence-corrected chi connectivity index (χ1v) is 18.8. The molecule has 0 saturated carbocycles. The van der Waals surface area contributed by atoms with Gasteiger partial charge < -0.3 is 24.8 Å². The molecule has 0 aliphatic carbocycles. The molecule has 15 nitrogen and oxygen atoms in total. The van der Waals surface area contributed by atoms with Crippen molar-refractivity contribution in [3.63, 3.8) is 0 Å². The number of halogens is 3. The van der Waals surface area contributed by atoms with E-state index in [0.29, 0.717) is 81.0 Å². The van der Waals surface area contributed by atoms with Crippen LogP contribution in [0, 0.1) is 0 Å². The SMILES string of the molecule is COc1cc2nn(C3CCN(CC(=O)N4CCN(c5ccc6c(c5)CN(C5CCC(=O)NC5=O)C6=O)CC4)CC3)cc2cc1NC(=O)c1cccc(C(F)(F)F)n1. The van der Waals surface area contributed by atoms with Crippen molar-refractivity contribution < 1.29 is 41.9 Å². The summed E-state index contributed by atoms with van der Waals surface area (Å²) in [4.78, 5) is 74.6. The molecule has 18 heteroatoms. The molecule has 0 spiro atoms. The van der Waals surface area contributed by atoms with Crippen molar-refractivity contribution in [2.45, 2.75) is 50.5 Å². The van der Waals surface area contributed by atoms with E-state index in [1.54, 1.807) is 23.1 Å². The fourth-order valence-electron chi connectivity index (χ4n) is 8.04. The number of hydrogen-bond donors (Lipinski definition) is 2. The maximum atomic E-state index is 13.4. The highest BCUT2D eigenvalue weighted by Gasteiger charge is 2.39. The van der Waals surface area contributed by atoms with Gasteiger partial charge in [-0.15, -0.1) is 0 Å². The fourth-order valence-corrected chi connectivity index (χ4v) is 8.04. The number of carbonyl (C=O) groups excluding carboxylic acids is 5. The van der Waals surface area contributed by atoms with Crippen molar-refractivity contribution in [3.05, 3.63) is 77.2 Å². The Labute approximate surface area is 324 Å². The van der Waals surface area contributed by atoms with Crippen molar-refractivity contribution in [3.8, 4) is 5.75 Å². The van der Waals surface area contributed by atoms with Gasteiger partial charge in [-0.1, -0.05) is 6.07 Å². The molecule has 6 heterocycles. The lowest BCUT2D eigenvalue weighted by molar-refractivity contribution is -0.141. The first kappa shape index (κ1) is 37.9. The number of hydrogen-bond acceptors (Lipinski definition) is 10. The number of amides is 5. The Balaban J connectivity index is 0.826. The average Bonchev–Trinajstić information content (AvgIpc) is 3.77. The Morgan fingerprint density at radius 2 is 1.74 bits per heavy atom. The lowest BCUT2D eigenvalue weighted by Gasteiger charge is -2.38. The van der Waals surface area contributed by atoms with Crippen LogP contribution in [0.4, 0.5) is 24.5 Å². The summed E-state index contributed by atoms with van der Waals surface area (Å²) < 4.78 is 46.8. The Bertz CT molecular complexity index is 2260. The minimum atomic E-state index is -4.69. The summed E-state index contributed by atoms with van der Waals surface area (Å²) >= 11 is 0. The maximum Gasteiger partial charge on any atom is 0.433 e. The number of carbonyl (C=O) groups is 5. The molecule has 298 valence electrons. The van der Waals surface area contributed by atoms with Gasteiger partial charge >= 0.3 is 6.18 Å². The van der Waals surface area contributed by atoms with Gasteiger partial charge in [0.15, 0.2) is 0 Å². The fraction of sp³-hybridized carbons (Fsp3) is 0.410. The monoisotopic (exact) mass is 787 g/mol. The van der Waals surface area contributed by atoms with E-state index in [4.69, 9.17) is 9.84 Å². The number of methoxy groups -OCH3 is 1. The molecule has 3 saturated heterocycles. The average molecular weight is 788 g/mol. The molecule has 4 aromatic rings. The van der Waals surface area contributed by atoms with Crippen LogP contribution in [0.3, 0.4) is 0 Å². The van der Waals surface area contributed by atoms with Gasteiger partial charge in [-0.25, -0.2) is 4.98 Å². The third-order valence-electron chi connectivity index (χ3n) is 11.2. The highest BCUT2D eigenvalue weighted by Crippen LogP contribution is 2.34. The summed E-state index contributed by atoms with van der Waals surface area (Å²) in [6.07, 6.45) is -0.779. The number of benzene rings is 2. The Kier molecular flexibility index (Phi) is 10.1. The van der Waals surface area contributed by atoms with Gasteiger partial charge in [-0.2, -0.15) is 18.3 Å². The number of nitrogens with zero attached hydrogens (tertiary/aromatic N) is 7. The smallest absolute Gasteiger partial charge is 0.433 e. The van der Waals surface area contributed by atoms with Gasteiger partial charge in [0, 0.05) is 81.1 Å². The molecule has 0 bridgehead atoms. The van der Waals surface area contributed by atoms with Crippen molar-refractivity contribution in [2.75, 3.05) is 63.1 Å². The number of rotatable bonds is 8. The second-order valence-electron chi connectivity index (χ2n) is 14.7. The molecule has 0 radical (unpaired) electrons. The molecule has 3 fully saturated rings. The standard InChI is InChI=1S/C39H40F3N9O6/c1-57-32-19-29-24(18-30(32)44-36(54)28-3-2-4-33(43-28)39(40,41)42)21-51(46-29)25-9-11-47(12-10-25)22-35(53)49-15-13-48(14-16-49)26-5-6-27-23(17-26)20-50(38(27)56)31-7-8-34(52)45-37(31)55/h2-6,17-19,21,25,31H,7-16,20,22H2,1H3,(H,44,54)(H,45,52,55). The van der Waals surface area contributed by atoms with Crippen LogP contribution in [0.1, 0.15) is 63.8 Å². The number of imide groups is 1. The van der Waals surface area contributed by atoms with Crippen molar-refractivity contribution in [1.82, 2.24) is 34.8 Å². The lowest BCUT2D eigenvalue weighted by atomic mass is 10.0. The zero-order chi connectivity index (χ0) is 40.0. The highest BCUT2D eigenvalue weighted by molar-refractivity contribution is 6.06. The third kappa shape index (κ3) is 7.73. The van der Waals surface area contributed by atoms with E-state index >= 15 is 0 Å². The Morgan fingerprint density at radius 3 is 2.46 bits per heavy atom. The summed E-state index contributed by atoms with van der Waals surface area (Å²) in [5, 5.41) is 10.4. The summed E-state index contributed by atoms with van der Waals surface area (Å²) in [5.74, 6) is -1.41. The molecule has 2 aromatic carbocycles. The minimum Gasteiger partial charge on any atom is -0.494 e. The van der Waals surface area contributed by atoms with Crippen LogP contribution < -0.4 is 20.3 Å². The molecule has 57 heavy (non-hydrogen) atoms. The van der Waals surface area contributed by atoms with Gasteiger partial charge in [0.05, 0.1) is 30.9 Å². The summed E-state index contributed by atoms with van der Waals surface area (Å²) in [6.45, 7) is 4.43. The van der Waals surface area contributed by atoms with Gasteiger partial charge in [-0.3, -0.25) is 38.9 Å². The number of pyridine rings is 1. The van der Waals surface area contributed by atoms with E-state index in [-0.39, 0.29) is 41.6 Å². The quantitative estimate of drug-likeness (QED) is 0.253. The zero-order valence-electron chi connectivity index (χ0n) is 31.1. The van der Waals surface area contributed by atoms with Gasteiger partial charge in [0.25, 0.3) is 11.8 Å². The summed E-state index contributed by atoms with van der Waals surface area (Å²) in [6, 6.07) is 11.6. The summed E-state index contributed by atoms with van der Waals surface area (Å²) in [7, 11) is 1.42. The van der Waals surface area contributed by atoms with Crippen molar-refractivity contribution in [1.29, 1.82) is 0 Å². The van der Waals surface area contributed by atoms with Gasteiger partial charge in [0.1, 0.15) is 23.2 Å². The number of ether oxygens (including phenoxy) is 1. The molecular weight excluding hydrogens is 747 g/mol. The van der Waals surface area contributed by atoms with E-state index in [9.17, 15) is 37.1 Å². The predicted octanol–water partition coefficient (Wildman–Crippen LogP) is 3.46. The number of fused-ring (bicyclic) bond motifs is 2. The first-order chi connectivity index (χ1) is 27.3. The van der Waals surface area contributed by atoms with Crippen LogP contribution in [0.25, 0.3) is 10.9 Å². The number of nitrogens with one attached hydrogen (secondary N) is 2. The number of anilines is 2. The topological polar surface area (TPSA) is 162 Å². The lowest BCUT2D eigenvalue weighted by Crippen LogP contribution is -2.52. The van der Waals surface area contributed by atoms with Crippen LogP contribution in [-0.2, 0) is 27.1 Å². The van der Waals surface area contributed by atoms with Crippen LogP contribution in [0.2, 0.25) is 0 Å². The molecular formula is C39H40F3N9O6. The van der Waals surface area contributed by atoms with Crippen LogP contribution in [0.5, 0.6) is 5.75 Å². The van der Waals surface area contributed by atoms with Gasteiger partial charge in [0.2, 0.25) is 17.7 Å². The zero-order valence-corrected chi connectivity index (χ0v) is 31.1. The van der Waals surface area contributed by atoms with Gasteiger partial charge in [-0.05, 0) is 61.2 Å². The maximum absolute atomic E-state index is 13.4. The van der Waals surface area contributed by atoms with Crippen LogP contribution >= 0.6 is 0 Å². The molecule has 4 aliphatic heterocycles.